The highest BCUT2D eigenvalue weighted by Crippen LogP contribution is 2.21. The van der Waals surface area contributed by atoms with Crippen LogP contribution in [0.2, 0.25) is 5.02 Å². The molecule has 0 spiro atoms. The third-order valence-corrected chi connectivity index (χ3v) is 3.21. The summed E-state index contributed by atoms with van der Waals surface area (Å²) in [6.07, 6.45) is 2.73. The van der Waals surface area contributed by atoms with Crippen LogP contribution < -0.4 is 5.73 Å². The zero-order valence-electron chi connectivity index (χ0n) is 10.3. The van der Waals surface area contributed by atoms with Gasteiger partial charge in [-0.3, -0.25) is 0 Å². The molecular formula is C14H16ClN3. The lowest BCUT2D eigenvalue weighted by atomic mass is 10.1. The summed E-state index contributed by atoms with van der Waals surface area (Å²) in [6.45, 7) is 2.66. The topological polar surface area (TPSA) is 51.8 Å². The molecule has 1 aromatic heterocycles. The second-order valence-electron chi connectivity index (χ2n) is 4.15. The lowest BCUT2D eigenvalue weighted by Gasteiger charge is -2.11. The number of rotatable bonds is 4. The van der Waals surface area contributed by atoms with Gasteiger partial charge in [-0.15, -0.1) is 0 Å². The van der Waals surface area contributed by atoms with Crippen molar-refractivity contribution in [3.8, 4) is 11.3 Å². The average Bonchev–Trinajstić information content (AvgIpc) is 2.41. The average molecular weight is 262 g/mol. The first kappa shape index (κ1) is 13.0. The maximum Gasteiger partial charge on any atom is 0.133 e. The van der Waals surface area contributed by atoms with Gasteiger partial charge in [-0.2, -0.15) is 0 Å². The van der Waals surface area contributed by atoms with Crippen molar-refractivity contribution < 1.29 is 0 Å². The van der Waals surface area contributed by atoms with E-state index < -0.39 is 0 Å². The molecule has 2 N–H and O–H groups in total. The quantitative estimate of drug-likeness (QED) is 0.919. The van der Waals surface area contributed by atoms with Gasteiger partial charge in [-0.05, 0) is 24.6 Å². The summed E-state index contributed by atoms with van der Waals surface area (Å²) in [5, 5.41) is 0.724. The predicted octanol–water partition coefficient (Wildman–Crippen LogP) is 3.25. The van der Waals surface area contributed by atoms with Gasteiger partial charge in [0.2, 0.25) is 0 Å². The first-order chi connectivity index (χ1) is 8.74. The first-order valence-corrected chi connectivity index (χ1v) is 6.41. The molecule has 18 heavy (non-hydrogen) atoms. The number of nitrogens with zero attached hydrogens (tertiary/aromatic N) is 2. The summed E-state index contributed by atoms with van der Waals surface area (Å²) in [4.78, 5) is 8.89. The Balaban J connectivity index is 2.34. The summed E-state index contributed by atoms with van der Waals surface area (Å²) in [7, 11) is 0. The van der Waals surface area contributed by atoms with Crippen molar-refractivity contribution in [2.75, 3.05) is 6.54 Å². The number of hydrogen-bond donors (Lipinski definition) is 1. The standard InChI is InChI=1S/C14H16ClN3/c1-2-10(9-16)14-17-8-7-13(18-14)11-3-5-12(15)6-4-11/h3-8,10H,2,9,16H2,1H3. The van der Waals surface area contributed by atoms with Gasteiger partial charge in [0.1, 0.15) is 5.82 Å². The SMILES string of the molecule is CCC(CN)c1nccc(-c2ccc(Cl)cc2)n1. The Morgan fingerprint density at radius 2 is 1.94 bits per heavy atom. The Morgan fingerprint density at radius 3 is 2.56 bits per heavy atom. The molecule has 0 bridgehead atoms. The Hall–Kier alpha value is -1.45. The molecule has 0 fully saturated rings. The number of aromatic nitrogens is 2. The Bertz CT molecular complexity index is 507. The molecule has 3 nitrogen and oxygen atoms in total. The van der Waals surface area contributed by atoms with Gasteiger partial charge in [0.25, 0.3) is 0 Å². The maximum atomic E-state index is 5.88. The largest absolute Gasteiger partial charge is 0.330 e. The molecule has 4 heteroatoms. The smallest absolute Gasteiger partial charge is 0.133 e. The zero-order chi connectivity index (χ0) is 13.0. The van der Waals surface area contributed by atoms with Crippen molar-refractivity contribution in [1.29, 1.82) is 0 Å². The van der Waals surface area contributed by atoms with Crippen molar-refractivity contribution in [2.45, 2.75) is 19.3 Å². The van der Waals surface area contributed by atoms with E-state index in [9.17, 15) is 0 Å². The minimum atomic E-state index is 0.220. The molecule has 1 unspecified atom stereocenters. The maximum absolute atomic E-state index is 5.88. The van der Waals surface area contributed by atoms with Crippen LogP contribution in [0.3, 0.4) is 0 Å². The highest BCUT2D eigenvalue weighted by atomic mass is 35.5. The highest BCUT2D eigenvalue weighted by Gasteiger charge is 2.11. The fourth-order valence-corrected chi connectivity index (χ4v) is 1.93. The molecular weight excluding hydrogens is 246 g/mol. The van der Waals surface area contributed by atoms with Crippen LogP contribution in [0.1, 0.15) is 25.1 Å². The number of nitrogens with two attached hydrogens (primary N) is 1. The van der Waals surface area contributed by atoms with E-state index >= 15 is 0 Å². The van der Waals surface area contributed by atoms with E-state index in [2.05, 4.69) is 16.9 Å². The van der Waals surface area contributed by atoms with Gasteiger partial charge >= 0.3 is 0 Å². The second-order valence-corrected chi connectivity index (χ2v) is 4.58. The van der Waals surface area contributed by atoms with E-state index in [1.165, 1.54) is 0 Å². The Morgan fingerprint density at radius 1 is 1.22 bits per heavy atom. The molecule has 94 valence electrons. The number of hydrogen-bond acceptors (Lipinski definition) is 3. The van der Waals surface area contributed by atoms with E-state index in [-0.39, 0.29) is 5.92 Å². The van der Waals surface area contributed by atoms with Crippen LogP contribution >= 0.6 is 11.6 Å². The molecule has 0 saturated carbocycles. The third kappa shape index (κ3) is 2.86. The lowest BCUT2D eigenvalue weighted by Crippen LogP contribution is -2.14. The van der Waals surface area contributed by atoms with Crippen LogP contribution in [-0.4, -0.2) is 16.5 Å². The van der Waals surface area contributed by atoms with Crippen molar-refractivity contribution in [3.05, 3.63) is 47.4 Å². The van der Waals surface area contributed by atoms with E-state index in [1.54, 1.807) is 6.20 Å². The van der Waals surface area contributed by atoms with Crippen LogP contribution in [0.15, 0.2) is 36.5 Å². The van der Waals surface area contributed by atoms with Crippen LogP contribution in [0.25, 0.3) is 11.3 Å². The van der Waals surface area contributed by atoms with Crippen molar-refractivity contribution in [2.24, 2.45) is 5.73 Å². The zero-order valence-corrected chi connectivity index (χ0v) is 11.1. The van der Waals surface area contributed by atoms with Gasteiger partial charge in [0.15, 0.2) is 0 Å². The predicted molar refractivity (Wildman–Crippen MR) is 74.6 cm³/mol. The van der Waals surface area contributed by atoms with Crippen LogP contribution in [0.4, 0.5) is 0 Å². The van der Waals surface area contributed by atoms with Crippen LogP contribution in [-0.2, 0) is 0 Å². The molecule has 0 radical (unpaired) electrons. The summed E-state index contributed by atoms with van der Waals surface area (Å²) >= 11 is 5.88. The van der Waals surface area contributed by atoms with Crippen LogP contribution in [0.5, 0.6) is 0 Å². The molecule has 2 rings (SSSR count). The molecule has 0 saturated heterocycles. The molecule has 0 aliphatic heterocycles. The molecule has 0 aliphatic rings. The summed E-state index contributed by atoms with van der Waals surface area (Å²) in [5.74, 6) is 1.03. The van der Waals surface area contributed by atoms with E-state index in [4.69, 9.17) is 17.3 Å². The van der Waals surface area contributed by atoms with E-state index in [0.29, 0.717) is 6.54 Å². The number of halogens is 1. The van der Waals surface area contributed by atoms with Crippen molar-refractivity contribution in [1.82, 2.24) is 9.97 Å². The summed E-state index contributed by atoms with van der Waals surface area (Å²) in [5.41, 5.74) is 7.67. The Labute approximate surface area is 112 Å². The van der Waals surface area contributed by atoms with Gasteiger partial charge in [-0.1, -0.05) is 30.7 Å². The Kier molecular flexibility index (Phi) is 4.28. The van der Waals surface area contributed by atoms with Crippen molar-refractivity contribution >= 4 is 11.6 Å². The lowest BCUT2D eigenvalue weighted by molar-refractivity contribution is 0.631. The van der Waals surface area contributed by atoms with Crippen LogP contribution in [0, 0.1) is 0 Å². The first-order valence-electron chi connectivity index (χ1n) is 6.03. The van der Waals surface area contributed by atoms with E-state index in [1.807, 2.05) is 30.3 Å². The summed E-state index contributed by atoms with van der Waals surface area (Å²) < 4.78 is 0. The molecule has 2 aromatic rings. The fraction of sp³-hybridized carbons (Fsp3) is 0.286. The normalized spacial score (nSPS) is 12.4. The second kappa shape index (κ2) is 5.94. The van der Waals surface area contributed by atoms with Gasteiger partial charge in [-0.25, -0.2) is 9.97 Å². The van der Waals surface area contributed by atoms with Gasteiger partial charge < -0.3 is 5.73 Å². The fourth-order valence-electron chi connectivity index (χ4n) is 1.81. The molecule has 1 heterocycles. The number of benzene rings is 1. The molecule has 0 aliphatic carbocycles. The third-order valence-electron chi connectivity index (χ3n) is 2.96. The summed E-state index contributed by atoms with van der Waals surface area (Å²) in [6, 6.07) is 9.53. The van der Waals surface area contributed by atoms with Gasteiger partial charge in [0.05, 0.1) is 5.69 Å². The monoisotopic (exact) mass is 261 g/mol. The molecule has 1 aromatic carbocycles. The molecule has 0 amide bonds. The molecule has 1 atom stereocenters. The minimum absolute atomic E-state index is 0.220. The van der Waals surface area contributed by atoms with E-state index in [0.717, 1.165) is 28.5 Å². The van der Waals surface area contributed by atoms with Crippen molar-refractivity contribution in [3.63, 3.8) is 0 Å². The highest BCUT2D eigenvalue weighted by molar-refractivity contribution is 6.30. The minimum Gasteiger partial charge on any atom is -0.330 e. The van der Waals surface area contributed by atoms with Gasteiger partial charge in [0, 0.05) is 29.2 Å².